The highest BCUT2D eigenvalue weighted by Crippen LogP contribution is 2.50. The minimum Gasteiger partial charge on any atom is -0.463 e. The van der Waals surface area contributed by atoms with Gasteiger partial charge in [-0.1, -0.05) is 37.2 Å². The Bertz CT molecular complexity index is 1070. The summed E-state index contributed by atoms with van der Waals surface area (Å²) in [5.41, 5.74) is 6.31. The van der Waals surface area contributed by atoms with E-state index in [1.54, 1.807) is 19.9 Å². The zero-order valence-corrected chi connectivity index (χ0v) is 19.3. The van der Waals surface area contributed by atoms with Gasteiger partial charge in [-0.3, -0.25) is 19.8 Å². The van der Waals surface area contributed by atoms with Gasteiger partial charge in [0.2, 0.25) is 5.91 Å². The first-order valence-corrected chi connectivity index (χ1v) is 11.4. The van der Waals surface area contributed by atoms with E-state index in [2.05, 4.69) is 0 Å². The Balaban J connectivity index is 2.26. The predicted molar refractivity (Wildman–Crippen MR) is 120 cm³/mol. The number of nitro benzene ring substituents is 1. The van der Waals surface area contributed by atoms with Crippen molar-refractivity contribution in [1.82, 2.24) is 4.90 Å². The van der Waals surface area contributed by atoms with Crippen molar-refractivity contribution in [3.8, 4) is 0 Å². The number of fused-ring (bicyclic) bond motifs is 1. The summed E-state index contributed by atoms with van der Waals surface area (Å²) in [6.45, 7) is 5.41. The largest absolute Gasteiger partial charge is 0.463 e. The van der Waals surface area contributed by atoms with Gasteiger partial charge >= 0.3 is 11.9 Å². The number of nitrogens with zero attached hydrogens (tertiary/aromatic N) is 2. The molecule has 0 aromatic heterocycles. The molecule has 1 fully saturated rings. The second-order valence-corrected chi connectivity index (χ2v) is 8.78. The minimum absolute atomic E-state index is 0.0247. The van der Waals surface area contributed by atoms with Crippen LogP contribution in [0.3, 0.4) is 0 Å². The zero-order valence-electron chi connectivity index (χ0n) is 18.5. The predicted octanol–water partition coefficient (Wildman–Crippen LogP) is 2.94. The maximum absolute atomic E-state index is 13.2. The molecule has 0 radical (unpaired) electrons. The van der Waals surface area contributed by atoms with Crippen molar-refractivity contribution >= 4 is 35.3 Å². The van der Waals surface area contributed by atoms with Gasteiger partial charge in [-0.2, -0.15) is 0 Å². The summed E-state index contributed by atoms with van der Waals surface area (Å²) in [6.07, 6.45) is 1.40. The molecule has 2 N–H and O–H groups in total. The van der Waals surface area contributed by atoms with E-state index in [1.165, 1.54) is 18.2 Å². The molecule has 2 atom stereocenters. The number of rotatable bonds is 8. The van der Waals surface area contributed by atoms with Crippen molar-refractivity contribution in [2.24, 2.45) is 5.73 Å². The third-order valence-corrected chi connectivity index (χ3v) is 6.43. The maximum Gasteiger partial charge on any atom is 0.338 e. The summed E-state index contributed by atoms with van der Waals surface area (Å²) in [7, 11) is 0. The van der Waals surface area contributed by atoms with Crippen LogP contribution in [0.1, 0.15) is 45.1 Å². The first-order valence-electron chi connectivity index (χ1n) is 10.6. The topological polar surface area (TPSA) is 142 Å². The van der Waals surface area contributed by atoms with E-state index in [-0.39, 0.29) is 52.4 Å². The van der Waals surface area contributed by atoms with Crippen LogP contribution >= 0.6 is 11.8 Å². The normalized spacial score (nSPS) is 20.1. The Kier molecular flexibility index (Phi) is 7.42. The number of unbranched alkanes of at least 4 members (excludes halogenated alkanes) is 1. The molecular weight excluding hydrogens is 450 g/mol. The summed E-state index contributed by atoms with van der Waals surface area (Å²) in [5, 5.41) is 11.1. The fourth-order valence-electron chi connectivity index (χ4n) is 3.68. The van der Waals surface area contributed by atoms with Crippen LogP contribution in [-0.2, 0) is 23.9 Å². The number of nitrogens with two attached hydrogens (primary N) is 1. The number of ether oxygens (including phenoxy) is 2. The van der Waals surface area contributed by atoms with Gasteiger partial charge < -0.3 is 15.2 Å². The van der Waals surface area contributed by atoms with Crippen molar-refractivity contribution in [2.75, 3.05) is 13.2 Å². The number of carbonyl (C=O) groups excluding carboxylic acids is 3. The van der Waals surface area contributed by atoms with E-state index in [0.717, 1.165) is 23.1 Å². The van der Waals surface area contributed by atoms with E-state index in [1.807, 2.05) is 6.92 Å². The van der Waals surface area contributed by atoms with Crippen LogP contribution in [0.4, 0.5) is 5.69 Å². The quantitative estimate of drug-likeness (QED) is 0.260. The number of nitro groups is 1. The molecular formula is C22H25N3O7S. The van der Waals surface area contributed by atoms with Crippen LogP contribution in [0.5, 0.6) is 0 Å². The van der Waals surface area contributed by atoms with E-state index in [9.17, 15) is 24.5 Å². The Morgan fingerprint density at radius 1 is 1.21 bits per heavy atom. The van der Waals surface area contributed by atoms with Gasteiger partial charge in [0.05, 0.1) is 45.5 Å². The molecule has 1 saturated heterocycles. The van der Waals surface area contributed by atoms with Gasteiger partial charge in [-0.05, 0) is 25.8 Å². The number of carbonyl (C=O) groups is 3. The third-order valence-electron chi connectivity index (χ3n) is 5.24. The molecule has 11 heteroatoms. The third kappa shape index (κ3) is 4.58. The molecule has 0 saturated carbocycles. The Morgan fingerprint density at radius 3 is 2.55 bits per heavy atom. The van der Waals surface area contributed by atoms with Crippen molar-refractivity contribution < 1.29 is 28.8 Å². The Labute approximate surface area is 194 Å². The van der Waals surface area contributed by atoms with E-state index in [0.29, 0.717) is 6.42 Å². The molecule has 2 aliphatic rings. The summed E-state index contributed by atoms with van der Waals surface area (Å²) in [5.74, 6) is -3.18. The molecule has 0 unspecified atom stereocenters. The van der Waals surface area contributed by atoms with Crippen LogP contribution < -0.4 is 5.73 Å². The van der Waals surface area contributed by atoms with Gasteiger partial charge in [0.1, 0.15) is 5.82 Å². The first kappa shape index (κ1) is 24.3. The Morgan fingerprint density at radius 2 is 1.91 bits per heavy atom. The molecule has 1 aromatic carbocycles. The average molecular weight is 476 g/mol. The number of esters is 2. The molecule has 1 amide bonds. The number of hydrogen-bond donors (Lipinski definition) is 1. The smallest absolute Gasteiger partial charge is 0.338 e. The van der Waals surface area contributed by atoms with Crippen LogP contribution in [-0.4, -0.2) is 46.1 Å². The molecule has 33 heavy (non-hydrogen) atoms. The first-order chi connectivity index (χ1) is 15.7. The molecule has 176 valence electrons. The lowest BCUT2D eigenvalue weighted by atomic mass is 9.82. The van der Waals surface area contributed by atoms with Crippen LogP contribution in [0.25, 0.3) is 0 Å². The molecule has 0 aliphatic carbocycles. The summed E-state index contributed by atoms with van der Waals surface area (Å²) in [4.78, 5) is 51.1. The van der Waals surface area contributed by atoms with E-state index in [4.69, 9.17) is 15.2 Å². The molecule has 10 nitrogen and oxygen atoms in total. The monoisotopic (exact) mass is 475 g/mol. The van der Waals surface area contributed by atoms with Crippen molar-refractivity contribution in [1.29, 1.82) is 0 Å². The summed E-state index contributed by atoms with van der Waals surface area (Å²) >= 11 is 1.12. The second kappa shape index (κ2) is 10.1. The number of benzene rings is 1. The SMILES string of the molecule is CCCCOC(=O)C1=C(N)N2C(=O)[C@H](C)SC2=C(C(=O)OCC)[C@@H]1c1cccc([N+](=O)[O-])c1. The summed E-state index contributed by atoms with van der Waals surface area (Å²) in [6, 6.07) is 5.60. The van der Waals surface area contributed by atoms with Gasteiger partial charge in [-0.25, -0.2) is 9.59 Å². The zero-order chi connectivity index (χ0) is 24.3. The van der Waals surface area contributed by atoms with Crippen molar-refractivity contribution in [3.05, 3.63) is 61.9 Å². The molecule has 0 bridgehead atoms. The van der Waals surface area contributed by atoms with Crippen molar-refractivity contribution in [3.63, 3.8) is 0 Å². The van der Waals surface area contributed by atoms with Gasteiger partial charge in [0.15, 0.2) is 0 Å². The lowest BCUT2D eigenvalue weighted by molar-refractivity contribution is -0.384. The Hall–Kier alpha value is -3.34. The highest BCUT2D eigenvalue weighted by Gasteiger charge is 2.49. The van der Waals surface area contributed by atoms with Crippen LogP contribution in [0.2, 0.25) is 0 Å². The van der Waals surface area contributed by atoms with E-state index >= 15 is 0 Å². The fourth-order valence-corrected chi connectivity index (χ4v) is 4.84. The van der Waals surface area contributed by atoms with Crippen LogP contribution in [0, 0.1) is 10.1 Å². The minimum atomic E-state index is -1.10. The lowest BCUT2D eigenvalue weighted by Crippen LogP contribution is -2.40. The number of hydrogen-bond acceptors (Lipinski definition) is 9. The van der Waals surface area contributed by atoms with E-state index < -0.39 is 28.0 Å². The number of thioether (sulfide) groups is 1. The van der Waals surface area contributed by atoms with Gasteiger partial charge in [0, 0.05) is 12.1 Å². The number of amides is 1. The average Bonchev–Trinajstić information content (AvgIpc) is 3.08. The fraction of sp³-hybridized carbons (Fsp3) is 0.409. The molecule has 3 rings (SSSR count). The molecule has 2 heterocycles. The molecule has 0 spiro atoms. The van der Waals surface area contributed by atoms with Crippen molar-refractivity contribution in [2.45, 2.75) is 44.8 Å². The van der Waals surface area contributed by atoms with Gasteiger partial charge in [-0.15, -0.1) is 0 Å². The molecule has 1 aromatic rings. The summed E-state index contributed by atoms with van der Waals surface area (Å²) < 4.78 is 10.6. The second-order valence-electron chi connectivity index (χ2n) is 7.45. The standard InChI is InChI=1S/C22H25N3O7S/c1-4-6-10-32-21(27)16-15(13-8-7-9-14(11-13)25(29)30)17(22(28)31-5-2)20-24(18(16)23)19(26)12(3)33-20/h7-9,11-12,15H,4-6,10,23H2,1-3H3/t12-,15+/m0/s1. The van der Waals surface area contributed by atoms with Gasteiger partial charge in [0.25, 0.3) is 5.69 Å². The number of non-ortho nitro benzene ring substituents is 1. The molecule has 2 aliphatic heterocycles. The highest BCUT2D eigenvalue weighted by molar-refractivity contribution is 8.04. The van der Waals surface area contributed by atoms with Crippen LogP contribution in [0.15, 0.2) is 46.3 Å². The lowest BCUT2D eigenvalue weighted by Gasteiger charge is -2.33. The maximum atomic E-state index is 13.2. The highest BCUT2D eigenvalue weighted by atomic mass is 32.2.